The Hall–Kier alpha value is -1.59. The molecule has 5 nitrogen and oxygen atoms in total. The lowest BCUT2D eigenvalue weighted by Crippen LogP contribution is -2.08. The second-order valence-electron chi connectivity index (χ2n) is 3.87. The number of nitrogen functional groups attached to an aromatic ring is 1. The van der Waals surface area contributed by atoms with E-state index in [0.29, 0.717) is 32.1 Å². The smallest absolute Gasteiger partial charge is 0.337 e. The van der Waals surface area contributed by atoms with Crippen LogP contribution in [0.1, 0.15) is 28.4 Å². The second-order valence-corrected chi connectivity index (χ2v) is 3.87. The van der Waals surface area contributed by atoms with Gasteiger partial charge in [-0.15, -0.1) is 0 Å². The van der Waals surface area contributed by atoms with Gasteiger partial charge >= 0.3 is 5.97 Å². The maximum Gasteiger partial charge on any atom is 0.337 e. The predicted molar refractivity (Wildman–Crippen MR) is 68.7 cm³/mol. The number of hydrogen-bond acceptors (Lipinski definition) is 4. The minimum atomic E-state index is -1.01. The molecule has 0 bridgehead atoms. The highest BCUT2D eigenvalue weighted by molar-refractivity contribution is 5.94. The summed E-state index contributed by atoms with van der Waals surface area (Å²) in [5, 5.41) is 8.93. The van der Waals surface area contributed by atoms with Crippen LogP contribution in [0.15, 0.2) is 12.1 Å². The molecule has 0 atom stereocenters. The summed E-state index contributed by atoms with van der Waals surface area (Å²) in [6.45, 7) is 5.86. The maximum atomic E-state index is 10.9. The Morgan fingerprint density at radius 1 is 1.33 bits per heavy atom. The van der Waals surface area contributed by atoms with Crippen molar-refractivity contribution < 1.29 is 19.4 Å². The first kappa shape index (κ1) is 14.5. The number of carbonyl (C=O) groups is 1. The van der Waals surface area contributed by atoms with Crippen molar-refractivity contribution in [1.82, 2.24) is 0 Å². The Balaban J connectivity index is 2.62. The Morgan fingerprint density at radius 2 is 2.00 bits per heavy atom. The topological polar surface area (TPSA) is 81.8 Å². The van der Waals surface area contributed by atoms with Crippen molar-refractivity contribution in [2.75, 3.05) is 25.6 Å². The summed E-state index contributed by atoms with van der Waals surface area (Å²) in [5.41, 5.74) is 7.86. The molecule has 1 aromatic rings. The highest BCUT2D eigenvalue weighted by Gasteiger charge is 2.12. The fraction of sp³-hybridized carbons (Fsp3) is 0.462. The van der Waals surface area contributed by atoms with Crippen LogP contribution in [0.2, 0.25) is 0 Å². The number of ether oxygens (including phenoxy) is 2. The number of hydrogen-bond donors (Lipinski definition) is 2. The van der Waals surface area contributed by atoms with Crippen molar-refractivity contribution in [3.8, 4) is 0 Å². The second kappa shape index (κ2) is 6.98. The van der Waals surface area contributed by atoms with Gasteiger partial charge in [0, 0.05) is 12.3 Å². The minimum absolute atomic E-state index is 0.130. The van der Waals surface area contributed by atoms with Crippen LogP contribution in [-0.4, -0.2) is 30.9 Å². The summed E-state index contributed by atoms with van der Waals surface area (Å²) in [7, 11) is 0. The number of rotatable bonds is 7. The van der Waals surface area contributed by atoms with Gasteiger partial charge in [0.05, 0.1) is 25.4 Å². The Kier molecular flexibility index (Phi) is 5.61. The molecule has 0 aliphatic rings. The van der Waals surface area contributed by atoms with Gasteiger partial charge in [-0.1, -0.05) is 6.07 Å². The van der Waals surface area contributed by atoms with Crippen molar-refractivity contribution in [2.24, 2.45) is 0 Å². The fourth-order valence-electron chi connectivity index (χ4n) is 1.56. The average molecular weight is 253 g/mol. The molecule has 0 saturated carbocycles. The van der Waals surface area contributed by atoms with E-state index in [0.717, 1.165) is 11.1 Å². The number of benzene rings is 1. The number of anilines is 1. The molecule has 0 aliphatic heterocycles. The molecule has 0 heterocycles. The van der Waals surface area contributed by atoms with Crippen LogP contribution in [0.25, 0.3) is 0 Å². The lowest BCUT2D eigenvalue weighted by atomic mass is 10.0. The van der Waals surface area contributed by atoms with E-state index in [4.69, 9.17) is 20.3 Å². The van der Waals surface area contributed by atoms with Crippen molar-refractivity contribution in [1.29, 1.82) is 0 Å². The summed E-state index contributed by atoms with van der Waals surface area (Å²) < 4.78 is 10.6. The van der Waals surface area contributed by atoms with Crippen LogP contribution in [-0.2, 0) is 16.1 Å². The standard InChI is InChI=1S/C13H19NO4/c1-3-17-6-7-18-8-10-4-5-11(13(15)16)12(14)9(10)2/h4-5H,3,6-8,14H2,1-2H3,(H,15,16). The Labute approximate surface area is 107 Å². The van der Waals surface area contributed by atoms with E-state index in [-0.39, 0.29) is 5.56 Å². The molecule has 100 valence electrons. The van der Waals surface area contributed by atoms with Gasteiger partial charge in [-0.2, -0.15) is 0 Å². The minimum Gasteiger partial charge on any atom is -0.478 e. The lowest BCUT2D eigenvalue weighted by molar-refractivity contribution is 0.0451. The highest BCUT2D eigenvalue weighted by Crippen LogP contribution is 2.21. The Bertz CT molecular complexity index is 418. The summed E-state index contributed by atoms with van der Waals surface area (Å²) in [5.74, 6) is -1.01. The number of carboxylic acid groups (broad SMARTS) is 1. The van der Waals surface area contributed by atoms with Crippen molar-refractivity contribution in [3.05, 3.63) is 28.8 Å². The van der Waals surface area contributed by atoms with Crippen LogP contribution in [0.5, 0.6) is 0 Å². The molecule has 3 N–H and O–H groups in total. The van der Waals surface area contributed by atoms with Crippen LogP contribution in [0, 0.1) is 6.92 Å². The summed E-state index contributed by atoms with van der Waals surface area (Å²) >= 11 is 0. The first-order valence-corrected chi connectivity index (χ1v) is 5.84. The zero-order valence-electron chi connectivity index (χ0n) is 10.7. The summed E-state index contributed by atoms with van der Waals surface area (Å²) in [6.07, 6.45) is 0. The number of nitrogens with two attached hydrogens (primary N) is 1. The van der Waals surface area contributed by atoms with E-state index in [1.54, 1.807) is 13.0 Å². The molecule has 0 aromatic heterocycles. The molecule has 0 unspecified atom stereocenters. The SMILES string of the molecule is CCOCCOCc1ccc(C(=O)O)c(N)c1C. The molecular formula is C13H19NO4. The molecule has 0 radical (unpaired) electrons. The van der Waals surface area contributed by atoms with E-state index in [2.05, 4.69) is 0 Å². The zero-order chi connectivity index (χ0) is 13.5. The molecular weight excluding hydrogens is 234 g/mol. The van der Waals surface area contributed by atoms with E-state index in [9.17, 15) is 4.79 Å². The fourth-order valence-corrected chi connectivity index (χ4v) is 1.56. The molecule has 1 aromatic carbocycles. The molecule has 0 amide bonds. The molecule has 0 spiro atoms. The van der Waals surface area contributed by atoms with Gasteiger partial charge in [-0.05, 0) is 31.0 Å². The first-order valence-electron chi connectivity index (χ1n) is 5.84. The van der Waals surface area contributed by atoms with E-state index in [1.807, 2.05) is 6.92 Å². The molecule has 5 heteroatoms. The molecule has 1 rings (SSSR count). The molecule has 0 aliphatic carbocycles. The quantitative estimate of drug-likeness (QED) is 0.572. The Morgan fingerprint density at radius 3 is 2.61 bits per heavy atom. The lowest BCUT2D eigenvalue weighted by Gasteiger charge is -2.11. The zero-order valence-corrected chi connectivity index (χ0v) is 10.7. The van der Waals surface area contributed by atoms with Crippen molar-refractivity contribution >= 4 is 11.7 Å². The normalized spacial score (nSPS) is 10.6. The van der Waals surface area contributed by atoms with E-state index >= 15 is 0 Å². The van der Waals surface area contributed by atoms with Gasteiger partial charge in [-0.25, -0.2) is 4.79 Å². The van der Waals surface area contributed by atoms with Crippen LogP contribution in [0.3, 0.4) is 0 Å². The maximum absolute atomic E-state index is 10.9. The van der Waals surface area contributed by atoms with Gasteiger partial charge in [0.15, 0.2) is 0 Å². The van der Waals surface area contributed by atoms with Crippen LogP contribution < -0.4 is 5.73 Å². The third-order valence-corrected chi connectivity index (χ3v) is 2.69. The summed E-state index contributed by atoms with van der Waals surface area (Å²) in [6, 6.07) is 3.24. The average Bonchev–Trinajstić information content (AvgIpc) is 2.33. The molecule has 0 saturated heterocycles. The molecule has 18 heavy (non-hydrogen) atoms. The van der Waals surface area contributed by atoms with Gasteiger partial charge in [-0.3, -0.25) is 0 Å². The van der Waals surface area contributed by atoms with Crippen LogP contribution in [0.4, 0.5) is 5.69 Å². The van der Waals surface area contributed by atoms with Crippen LogP contribution >= 0.6 is 0 Å². The predicted octanol–water partition coefficient (Wildman–Crippen LogP) is 1.83. The van der Waals surface area contributed by atoms with Crippen molar-refractivity contribution in [3.63, 3.8) is 0 Å². The monoisotopic (exact) mass is 253 g/mol. The van der Waals surface area contributed by atoms with Gasteiger partial charge in [0.1, 0.15) is 0 Å². The van der Waals surface area contributed by atoms with E-state index < -0.39 is 5.97 Å². The van der Waals surface area contributed by atoms with E-state index in [1.165, 1.54) is 6.07 Å². The largest absolute Gasteiger partial charge is 0.478 e. The number of aromatic carboxylic acids is 1. The van der Waals surface area contributed by atoms with Crippen molar-refractivity contribution in [2.45, 2.75) is 20.5 Å². The third-order valence-electron chi connectivity index (χ3n) is 2.69. The van der Waals surface area contributed by atoms with Gasteiger partial charge in [0.2, 0.25) is 0 Å². The third kappa shape index (κ3) is 3.72. The first-order chi connectivity index (χ1) is 8.57. The number of carboxylic acids is 1. The van der Waals surface area contributed by atoms with Gasteiger partial charge < -0.3 is 20.3 Å². The highest BCUT2D eigenvalue weighted by atomic mass is 16.5. The molecule has 0 fully saturated rings. The summed E-state index contributed by atoms with van der Waals surface area (Å²) in [4.78, 5) is 10.9. The van der Waals surface area contributed by atoms with Gasteiger partial charge in [0.25, 0.3) is 0 Å².